The highest BCUT2D eigenvalue weighted by Crippen LogP contribution is 2.28. The van der Waals surface area contributed by atoms with Crippen molar-refractivity contribution in [1.82, 2.24) is 15.1 Å². The van der Waals surface area contributed by atoms with Gasteiger partial charge in [0, 0.05) is 31.2 Å². The molecule has 4 nitrogen and oxygen atoms in total. The standard InChI is InChI=1S/C23H35N3O/c1-2-25-12-10-19-6-7-21(16-20(19)11-13-25)23(27)24-17-18-8-14-26(15-9-18)22-4-3-5-22/h6-7,16,18,22H,2-5,8-15,17H2,1H3,(H,24,27). The van der Waals surface area contributed by atoms with Crippen molar-refractivity contribution in [3.63, 3.8) is 0 Å². The lowest BCUT2D eigenvalue weighted by Crippen LogP contribution is -2.46. The molecule has 3 aliphatic rings. The summed E-state index contributed by atoms with van der Waals surface area (Å²) in [5.41, 5.74) is 3.63. The normalized spacial score (nSPS) is 22.7. The van der Waals surface area contributed by atoms with E-state index in [1.54, 1.807) is 0 Å². The van der Waals surface area contributed by atoms with Gasteiger partial charge in [0.15, 0.2) is 0 Å². The molecule has 1 saturated heterocycles. The first kappa shape index (κ1) is 18.9. The molecule has 2 fully saturated rings. The molecule has 0 aromatic heterocycles. The summed E-state index contributed by atoms with van der Waals surface area (Å²) in [5.74, 6) is 0.750. The molecule has 0 unspecified atom stereocenters. The Hall–Kier alpha value is -1.39. The molecule has 1 amide bonds. The first-order chi connectivity index (χ1) is 13.2. The van der Waals surface area contributed by atoms with E-state index in [4.69, 9.17) is 0 Å². The molecule has 4 rings (SSSR count). The van der Waals surface area contributed by atoms with Crippen molar-refractivity contribution < 1.29 is 4.79 Å². The second-order valence-corrected chi connectivity index (χ2v) is 8.69. The number of likely N-dealkylation sites (tertiary alicyclic amines) is 1. The van der Waals surface area contributed by atoms with E-state index in [2.05, 4.69) is 34.2 Å². The van der Waals surface area contributed by atoms with Gasteiger partial charge in [-0.25, -0.2) is 0 Å². The predicted molar refractivity (Wildman–Crippen MR) is 110 cm³/mol. The van der Waals surface area contributed by atoms with Gasteiger partial charge in [-0.1, -0.05) is 19.4 Å². The summed E-state index contributed by atoms with van der Waals surface area (Å²) in [6, 6.07) is 7.21. The Kier molecular flexibility index (Phi) is 6.14. The molecule has 0 radical (unpaired) electrons. The van der Waals surface area contributed by atoms with E-state index < -0.39 is 0 Å². The molecular weight excluding hydrogens is 334 g/mol. The number of fused-ring (bicyclic) bond motifs is 1. The van der Waals surface area contributed by atoms with Gasteiger partial charge in [-0.3, -0.25) is 4.79 Å². The van der Waals surface area contributed by atoms with Gasteiger partial charge < -0.3 is 15.1 Å². The summed E-state index contributed by atoms with van der Waals surface area (Å²) < 4.78 is 0. The number of nitrogens with one attached hydrogen (secondary N) is 1. The van der Waals surface area contributed by atoms with Crippen molar-refractivity contribution in [3.8, 4) is 0 Å². The Morgan fingerprint density at radius 1 is 1.04 bits per heavy atom. The number of carbonyl (C=O) groups is 1. The van der Waals surface area contributed by atoms with E-state index in [1.165, 1.54) is 56.3 Å². The van der Waals surface area contributed by atoms with Gasteiger partial charge in [0.25, 0.3) is 5.91 Å². The molecule has 148 valence electrons. The minimum absolute atomic E-state index is 0.107. The fourth-order valence-electron chi connectivity index (χ4n) is 4.84. The van der Waals surface area contributed by atoms with Crippen molar-refractivity contribution >= 4 is 5.91 Å². The van der Waals surface area contributed by atoms with Crippen molar-refractivity contribution in [2.45, 2.75) is 57.9 Å². The van der Waals surface area contributed by atoms with E-state index in [0.717, 1.165) is 50.6 Å². The Morgan fingerprint density at radius 2 is 1.78 bits per heavy atom. The highest BCUT2D eigenvalue weighted by Gasteiger charge is 2.28. The number of benzene rings is 1. The summed E-state index contributed by atoms with van der Waals surface area (Å²) in [4.78, 5) is 17.8. The van der Waals surface area contributed by atoms with Crippen LogP contribution in [0.1, 0.15) is 60.5 Å². The highest BCUT2D eigenvalue weighted by molar-refractivity contribution is 5.94. The van der Waals surface area contributed by atoms with E-state index in [-0.39, 0.29) is 5.91 Å². The Balaban J connectivity index is 1.27. The van der Waals surface area contributed by atoms with Crippen LogP contribution >= 0.6 is 0 Å². The second kappa shape index (κ2) is 8.74. The van der Waals surface area contributed by atoms with Crippen LogP contribution in [0.25, 0.3) is 0 Å². The summed E-state index contributed by atoms with van der Waals surface area (Å²) in [6.45, 7) is 8.85. The van der Waals surface area contributed by atoms with Crippen molar-refractivity contribution in [1.29, 1.82) is 0 Å². The molecule has 2 heterocycles. The molecule has 2 aliphatic heterocycles. The molecule has 27 heavy (non-hydrogen) atoms. The second-order valence-electron chi connectivity index (χ2n) is 8.69. The fourth-order valence-corrected chi connectivity index (χ4v) is 4.84. The number of rotatable bonds is 5. The quantitative estimate of drug-likeness (QED) is 0.866. The lowest BCUT2D eigenvalue weighted by molar-refractivity contribution is 0.0803. The van der Waals surface area contributed by atoms with Crippen LogP contribution < -0.4 is 5.32 Å². The first-order valence-corrected chi connectivity index (χ1v) is 11.1. The third-order valence-corrected chi connectivity index (χ3v) is 7.10. The maximum atomic E-state index is 12.7. The van der Waals surface area contributed by atoms with Crippen molar-refractivity contribution in [2.24, 2.45) is 5.92 Å². The number of carbonyl (C=O) groups excluding carboxylic acids is 1. The molecule has 1 aromatic rings. The van der Waals surface area contributed by atoms with Crippen LogP contribution in [-0.4, -0.2) is 61.0 Å². The lowest BCUT2D eigenvalue weighted by atomic mass is 9.88. The summed E-state index contributed by atoms with van der Waals surface area (Å²) in [6.07, 6.45) is 8.83. The van der Waals surface area contributed by atoms with Gasteiger partial charge in [0.05, 0.1) is 0 Å². The Bertz CT molecular complexity index is 647. The number of hydrogen-bond donors (Lipinski definition) is 1. The van der Waals surface area contributed by atoms with Gasteiger partial charge >= 0.3 is 0 Å². The molecule has 1 N–H and O–H groups in total. The molecule has 1 aliphatic carbocycles. The zero-order chi connectivity index (χ0) is 18.6. The van der Waals surface area contributed by atoms with Gasteiger partial charge in [-0.15, -0.1) is 0 Å². The number of piperidine rings is 1. The largest absolute Gasteiger partial charge is 0.352 e. The molecule has 1 aromatic carbocycles. The number of amides is 1. The topological polar surface area (TPSA) is 35.6 Å². The van der Waals surface area contributed by atoms with Gasteiger partial charge in [0.1, 0.15) is 0 Å². The fraction of sp³-hybridized carbons (Fsp3) is 0.696. The number of hydrogen-bond acceptors (Lipinski definition) is 3. The summed E-state index contributed by atoms with van der Waals surface area (Å²) >= 11 is 0. The minimum Gasteiger partial charge on any atom is -0.352 e. The number of nitrogens with zero attached hydrogens (tertiary/aromatic N) is 2. The van der Waals surface area contributed by atoms with Crippen molar-refractivity contribution in [3.05, 3.63) is 34.9 Å². The highest BCUT2D eigenvalue weighted by atomic mass is 16.1. The third-order valence-electron chi connectivity index (χ3n) is 7.10. The monoisotopic (exact) mass is 369 g/mol. The average Bonchev–Trinajstić information content (AvgIpc) is 2.87. The Labute approximate surface area is 164 Å². The van der Waals surface area contributed by atoms with Crippen LogP contribution in [0, 0.1) is 5.92 Å². The van der Waals surface area contributed by atoms with Gasteiger partial charge in [0.2, 0.25) is 0 Å². The predicted octanol–water partition coefficient (Wildman–Crippen LogP) is 3.10. The van der Waals surface area contributed by atoms with E-state index >= 15 is 0 Å². The van der Waals surface area contributed by atoms with Crippen molar-refractivity contribution in [2.75, 3.05) is 39.3 Å². The maximum Gasteiger partial charge on any atom is 0.251 e. The first-order valence-electron chi connectivity index (χ1n) is 11.1. The number of likely N-dealkylation sites (N-methyl/N-ethyl adjacent to an activating group) is 1. The summed E-state index contributed by atoms with van der Waals surface area (Å²) in [5, 5.41) is 3.22. The third kappa shape index (κ3) is 4.55. The van der Waals surface area contributed by atoms with Gasteiger partial charge in [-0.2, -0.15) is 0 Å². The molecule has 4 heteroatoms. The molecular formula is C23H35N3O. The molecule has 0 spiro atoms. The SMILES string of the molecule is CCN1CCc2ccc(C(=O)NCC3CCN(C4CCC4)CC3)cc2CC1. The smallest absolute Gasteiger partial charge is 0.251 e. The van der Waals surface area contributed by atoms with Crippen LogP contribution in [0.5, 0.6) is 0 Å². The van der Waals surface area contributed by atoms with Gasteiger partial charge in [-0.05, 0) is 87.3 Å². The maximum absolute atomic E-state index is 12.7. The van der Waals surface area contributed by atoms with E-state index in [1.807, 2.05) is 6.07 Å². The molecule has 0 atom stereocenters. The molecule has 0 bridgehead atoms. The van der Waals surface area contributed by atoms with E-state index in [0.29, 0.717) is 5.92 Å². The van der Waals surface area contributed by atoms with Crippen LogP contribution in [0.15, 0.2) is 18.2 Å². The Morgan fingerprint density at radius 3 is 2.44 bits per heavy atom. The van der Waals surface area contributed by atoms with Crippen LogP contribution in [0.4, 0.5) is 0 Å². The zero-order valence-electron chi connectivity index (χ0n) is 16.9. The minimum atomic E-state index is 0.107. The lowest BCUT2D eigenvalue weighted by Gasteiger charge is -2.41. The average molecular weight is 370 g/mol. The zero-order valence-corrected chi connectivity index (χ0v) is 16.9. The van der Waals surface area contributed by atoms with Crippen LogP contribution in [-0.2, 0) is 12.8 Å². The van der Waals surface area contributed by atoms with Crippen LogP contribution in [0.2, 0.25) is 0 Å². The summed E-state index contributed by atoms with van der Waals surface area (Å²) in [7, 11) is 0. The van der Waals surface area contributed by atoms with Crippen LogP contribution in [0.3, 0.4) is 0 Å². The van der Waals surface area contributed by atoms with E-state index in [9.17, 15) is 4.79 Å². The molecule has 1 saturated carbocycles.